The Morgan fingerprint density at radius 2 is 1.92 bits per heavy atom. The van der Waals surface area contributed by atoms with E-state index in [-0.39, 0.29) is 30.4 Å². The van der Waals surface area contributed by atoms with E-state index in [2.05, 4.69) is 5.32 Å². The van der Waals surface area contributed by atoms with E-state index >= 15 is 0 Å². The van der Waals surface area contributed by atoms with Gasteiger partial charge in [0, 0.05) is 23.1 Å². The van der Waals surface area contributed by atoms with Crippen molar-refractivity contribution in [2.45, 2.75) is 46.3 Å². The molecule has 0 saturated carbocycles. The predicted octanol–water partition coefficient (Wildman–Crippen LogP) is 3.43. The van der Waals surface area contributed by atoms with Gasteiger partial charge in [-0.25, -0.2) is 4.79 Å². The average molecular weight is 347 g/mol. The lowest BCUT2D eigenvalue weighted by molar-refractivity contribution is -0.125. The highest BCUT2D eigenvalue weighted by Crippen LogP contribution is 2.27. The number of para-hydroxylation sites is 1. The van der Waals surface area contributed by atoms with Crippen molar-refractivity contribution in [1.29, 1.82) is 0 Å². The van der Waals surface area contributed by atoms with Crippen molar-refractivity contribution in [3.8, 4) is 0 Å². The molecule has 1 heterocycles. The van der Waals surface area contributed by atoms with Gasteiger partial charge >= 0.3 is 5.97 Å². The zero-order valence-corrected chi connectivity index (χ0v) is 15.2. The molecule has 0 aliphatic carbocycles. The van der Waals surface area contributed by atoms with E-state index in [0.29, 0.717) is 17.8 Å². The van der Waals surface area contributed by atoms with Crippen LogP contribution in [-0.4, -0.2) is 30.6 Å². The Morgan fingerprint density at radius 3 is 2.60 bits per heavy atom. The lowest BCUT2D eigenvalue weighted by atomic mass is 10.0. The van der Waals surface area contributed by atoms with Gasteiger partial charge in [0.2, 0.25) is 5.76 Å². The van der Waals surface area contributed by atoms with Crippen LogP contribution in [0.2, 0.25) is 0 Å². The van der Waals surface area contributed by atoms with Gasteiger partial charge < -0.3 is 19.2 Å². The molecule has 0 bridgehead atoms. The fourth-order valence-electron chi connectivity index (χ4n) is 2.31. The van der Waals surface area contributed by atoms with E-state index in [1.807, 2.05) is 45.9 Å². The van der Waals surface area contributed by atoms with E-state index < -0.39 is 5.97 Å². The minimum atomic E-state index is -0.671. The maximum Gasteiger partial charge on any atom is 0.375 e. The summed E-state index contributed by atoms with van der Waals surface area (Å²) in [5.74, 6) is -0.935. The van der Waals surface area contributed by atoms with Crippen LogP contribution in [0.3, 0.4) is 0 Å². The maximum atomic E-state index is 12.4. The minimum Gasteiger partial charge on any atom is -0.450 e. The molecule has 1 aromatic carbocycles. The van der Waals surface area contributed by atoms with Gasteiger partial charge in [-0.15, -0.1) is 0 Å². The molecule has 136 valence electrons. The van der Waals surface area contributed by atoms with Crippen molar-refractivity contribution in [2.75, 3.05) is 13.2 Å². The molecule has 6 heteroatoms. The van der Waals surface area contributed by atoms with Crippen molar-refractivity contribution in [2.24, 2.45) is 0 Å². The molecular weight excluding hydrogens is 322 g/mol. The first-order chi connectivity index (χ1) is 11.9. The summed E-state index contributed by atoms with van der Waals surface area (Å²) in [5, 5.41) is 3.62. The number of carbonyl (C=O) groups excluding carboxylic acids is 2. The molecule has 2 rings (SSSR count). The van der Waals surface area contributed by atoms with Crippen LogP contribution in [-0.2, 0) is 20.9 Å². The Labute approximate surface area is 147 Å². The largest absolute Gasteiger partial charge is 0.450 e. The normalized spacial score (nSPS) is 11.5. The Hall–Kier alpha value is -2.34. The summed E-state index contributed by atoms with van der Waals surface area (Å²) in [6.07, 6.45) is 0.773. The first-order valence-corrected chi connectivity index (χ1v) is 8.44. The van der Waals surface area contributed by atoms with Crippen LogP contribution < -0.4 is 5.32 Å². The lowest BCUT2D eigenvalue weighted by Crippen LogP contribution is -2.44. The summed E-state index contributed by atoms with van der Waals surface area (Å²) in [4.78, 5) is 24.3. The number of fused-ring (bicyclic) bond motifs is 1. The Bertz CT molecular complexity index is 747. The minimum absolute atomic E-state index is 0.0807. The number of benzene rings is 1. The van der Waals surface area contributed by atoms with E-state index in [1.165, 1.54) is 0 Å². The Balaban J connectivity index is 2.12. The number of hydrogen-bond donors (Lipinski definition) is 1. The summed E-state index contributed by atoms with van der Waals surface area (Å²) < 4.78 is 16.2. The highest BCUT2D eigenvalue weighted by molar-refractivity contribution is 5.96. The fourth-order valence-corrected chi connectivity index (χ4v) is 2.31. The van der Waals surface area contributed by atoms with Crippen LogP contribution >= 0.6 is 0 Å². The molecule has 0 saturated heterocycles. The quantitative estimate of drug-likeness (QED) is 0.740. The summed E-state index contributed by atoms with van der Waals surface area (Å²) >= 11 is 0. The summed E-state index contributed by atoms with van der Waals surface area (Å²) in [7, 11) is 0. The van der Waals surface area contributed by atoms with Crippen molar-refractivity contribution in [1.82, 2.24) is 5.32 Å². The second kappa shape index (κ2) is 8.16. The van der Waals surface area contributed by atoms with Gasteiger partial charge in [0.25, 0.3) is 5.91 Å². The molecule has 2 aromatic rings. The molecule has 25 heavy (non-hydrogen) atoms. The standard InChI is InChI=1S/C19H25NO5/c1-5-19(3,4)20-16(21)12-24-18(22)17-14(11-23-6-2)13-9-7-8-10-15(13)25-17/h7-10H,5-6,11-12H2,1-4H3,(H,20,21). The smallest absolute Gasteiger partial charge is 0.375 e. The van der Waals surface area contributed by atoms with Gasteiger partial charge in [-0.2, -0.15) is 0 Å². The zero-order chi connectivity index (χ0) is 18.4. The van der Waals surface area contributed by atoms with E-state index in [1.54, 1.807) is 6.07 Å². The molecule has 1 amide bonds. The number of nitrogens with one attached hydrogen (secondary N) is 1. The summed E-state index contributed by atoms with van der Waals surface area (Å²) in [6.45, 7) is 8.07. The summed E-state index contributed by atoms with van der Waals surface area (Å²) in [5.41, 5.74) is 0.876. The molecule has 0 radical (unpaired) electrons. The number of rotatable bonds is 8. The molecule has 0 aliphatic rings. The highest BCUT2D eigenvalue weighted by Gasteiger charge is 2.24. The molecule has 6 nitrogen and oxygen atoms in total. The van der Waals surface area contributed by atoms with Crippen molar-refractivity contribution in [3.05, 3.63) is 35.6 Å². The number of ether oxygens (including phenoxy) is 2. The van der Waals surface area contributed by atoms with E-state index in [4.69, 9.17) is 13.9 Å². The van der Waals surface area contributed by atoms with Gasteiger partial charge in [-0.1, -0.05) is 25.1 Å². The Kier molecular flexibility index (Phi) is 6.20. The highest BCUT2D eigenvalue weighted by atomic mass is 16.5. The van der Waals surface area contributed by atoms with Gasteiger partial charge in [-0.3, -0.25) is 4.79 Å². The van der Waals surface area contributed by atoms with Gasteiger partial charge in [0.05, 0.1) is 6.61 Å². The second-order valence-electron chi connectivity index (χ2n) is 6.40. The SMILES string of the molecule is CCOCc1c(C(=O)OCC(=O)NC(C)(C)CC)oc2ccccc12. The predicted molar refractivity (Wildman–Crippen MR) is 94.3 cm³/mol. The van der Waals surface area contributed by atoms with Crippen molar-refractivity contribution >= 4 is 22.8 Å². The third-order valence-electron chi connectivity index (χ3n) is 4.03. The molecule has 0 atom stereocenters. The number of esters is 1. The monoisotopic (exact) mass is 347 g/mol. The molecule has 0 spiro atoms. The van der Waals surface area contributed by atoms with Gasteiger partial charge in [0.1, 0.15) is 5.58 Å². The van der Waals surface area contributed by atoms with Crippen LogP contribution in [0, 0.1) is 0 Å². The second-order valence-corrected chi connectivity index (χ2v) is 6.40. The maximum absolute atomic E-state index is 12.4. The fraction of sp³-hybridized carbons (Fsp3) is 0.474. The molecule has 0 fully saturated rings. The number of amides is 1. The van der Waals surface area contributed by atoms with Crippen LogP contribution in [0.4, 0.5) is 0 Å². The van der Waals surface area contributed by atoms with Crippen molar-refractivity contribution < 1.29 is 23.5 Å². The topological polar surface area (TPSA) is 77.8 Å². The molecule has 0 aliphatic heterocycles. The molecule has 1 N–H and O–H groups in total. The Morgan fingerprint density at radius 1 is 1.20 bits per heavy atom. The number of furan rings is 1. The average Bonchev–Trinajstić information content (AvgIpc) is 2.96. The first kappa shape index (κ1) is 19.0. The van der Waals surface area contributed by atoms with Crippen LogP contribution in [0.25, 0.3) is 11.0 Å². The molecular formula is C19H25NO5. The first-order valence-electron chi connectivity index (χ1n) is 8.44. The lowest BCUT2D eigenvalue weighted by Gasteiger charge is -2.24. The third kappa shape index (κ3) is 4.82. The molecule has 1 aromatic heterocycles. The van der Waals surface area contributed by atoms with E-state index in [0.717, 1.165) is 11.8 Å². The number of carbonyl (C=O) groups is 2. The van der Waals surface area contributed by atoms with Crippen LogP contribution in [0.15, 0.2) is 28.7 Å². The van der Waals surface area contributed by atoms with Crippen molar-refractivity contribution in [3.63, 3.8) is 0 Å². The van der Waals surface area contributed by atoms with E-state index in [9.17, 15) is 9.59 Å². The van der Waals surface area contributed by atoms with Gasteiger partial charge in [0.15, 0.2) is 6.61 Å². The number of hydrogen-bond acceptors (Lipinski definition) is 5. The van der Waals surface area contributed by atoms with Gasteiger partial charge in [-0.05, 0) is 33.3 Å². The zero-order valence-electron chi connectivity index (χ0n) is 15.2. The summed E-state index contributed by atoms with van der Waals surface area (Å²) in [6, 6.07) is 7.33. The molecule has 0 unspecified atom stereocenters. The van der Waals surface area contributed by atoms with Crippen LogP contribution in [0.1, 0.15) is 50.2 Å². The van der Waals surface area contributed by atoms with Crippen LogP contribution in [0.5, 0.6) is 0 Å². The third-order valence-corrected chi connectivity index (χ3v) is 4.03.